The van der Waals surface area contributed by atoms with Gasteiger partial charge in [0.15, 0.2) is 6.10 Å². The Kier molecular flexibility index (Phi) is 12.7. The fourth-order valence-corrected chi connectivity index (χ4v) is 3.12. The highest BCUT2D eigenvalue weighted by Gasteiger charge is 2.22. The first-order valence-corrected chi connectivity index (χ1v) is 11.1. The number of nitrogens with zero attached hydrogens (tertiary/aromatic N) is 1. The van der Waals surface area contributed by atoms with Crippen molar-refractivity contribution in [2.45, 2.75) is 84.2 Å². The topological polar surface area (TPSA) is 95.7 Å². The molecule has 0 radical (unpaired) electrons. The quantitative estimate of drug-likeness (QED) is 0.138. The second kappa shape index (κ2) is 14.8. The van der Waals surface area contributed by atoms with Crippen molar-refractivity contribution < 1.29 is 24.0 Å². The van der Waals surface area contributed by atoms with Gasteiger partial charge >= 0.3 is 11.9 Å². The third kappa shape index (κ3) is 10.1. The van der Waals surface area contributed by atoms with Crippen LogP contribution in [0.25, 0.3) is 0 Å². The first-order valence-electron chi connectivity index (χ1n) is 10.7. The molecular formula is C22H32ClNO6. The van der Waals surface area contributed by atoms with Gasteiger partial charge in [0, 0.05) is 6.07 Å². The summed E-state index contributed by atoms with van der Waals surface area (Å²) in [6, 6.07) is 3.57. The Balaban J connectivity index is 2.22. The number of carbonyl (C=O) groups excluding carboxylic acids is 2. The van der Waals surface area contributed by atoms with Crippen LogP contribution in [0.1, 0.15) is 88.4 Å². The van der Waals surface area contributed by atoms with Gasteiger partial charge in [-0.3, -0.25) is 10.1 Å². The van der Waals surface area contributed by atoms with Crippen molar-refractivity contribution in [3.63, 3.8) is 0 Å². The summed E-state index contributed by atoms with van der Waals surface area (Å²) in [5, 5.41) is 10.8. The number of halogens is 1. The van der Waals surface area contributed by atoms with Crippen LogP contribution in [-0.4, -0.2) is 29.6 Å². The number of benzene rings is 1. The molecule has 1 unspecified atom stereocenters. The number of hydrogen-bond acceptors (Lipinski definition) is 6. The zero-order valence-electron chi connectivity index (χ0n) is 17.9. The second-order valence-corrected chi connectivity index (χ2v) is 7.73. The molecule has 1 atom stereocenters. The minimum atomic E-state index is -1.10. The van der Waals surface area contributed by atoms with Gasteiger partial charge in [0.1, 0.15) is 5.02 Å². The van der Waals surface area contributed by atoms with Crippen LogP contribution in [-0.2, 0) is 14.3 Å². The van der Waals surface area contributed by atoms with Crippen LogP contribution in [0.4, 0.5) is 5.69 Å². The fourth-order valence-electron chi connectivity index (χ4n) is 2.94. The molecule has 1 aromatic rings. The average molecular weight is 442 g/mol. The third-order valence-corrected chi connectivity index (χ3v) is 5.06. The van der Waals surface area contributed by atoms with E-state index in [1.165, 1.54) is 64.0 Å². The Hall–Kier alpha value is -2.15. The first-order chi connectivity index (χ1) is 14.4. The number of esters is 2. The third-order valence-electron chi connectivity index (χ3n) is 4.74. The summed E-state index contributed by atoms with van der Waals surface area (Å²) in [6.07, 6.45) is 10.7. The smallest absolute Gasteiger partial charge is 0.347 e. The van der Waals surface area contributed by atoms with Gasteiger partial charge in [0.2, 0.25) is 0 Å². The van der Waals surface area contributed by atoms with E-state index in [0.717, 1.165) is 25.3 Å². The van der Waals surface area contributed by atoms with E-state index in [0.29, 0.717) is 0 Å². The van der Waals surface area contributed by atoms with E-state index in [1.54, 1.807) is 0 Å². The van der Waals surface area contributed by atoms with E-state index < -0.39 is 28.7 Å². The predicted octanol–water partition coefficient (Wildman–Crippen LogP) is 6.26. The zero-order valence-corrected chi connectivity index (χ0v) is 18.6. The molecule has 7 nitrogen and oxygen atoms in total. The van der Waals surface area contributed by atoms with Crippen molar-refractivity contribution in [2.75, 3.05) is 6.61 Å². The molecule has 168 valence electrons. The SMILES string of the molecule is CCCCCCCCCCCCOC(=O)C(C)OC(=O)c1ccc(Cl)c([N+](=O)[O-])c1. The van der Waals surface area contributed by atoms with Crippen molar-refractivity contribution in [1.82, 2.24) is 0 Å². The number of carbonyl (C=O) groups is 2. The molecule has 0 heterocycles. The van der Waals surface area contributed by atoms with E-state index in [9.17, 15) is 19.7 Å². The van der Waals surface area contributed by atoms with Crippen molar-refractivity contribution in [3.8, 4) is 0 Å². The minimum Gasteiger partial charge on any atom is -0.463 e. The highest BCUT2D eigenvalue weighted by atomic mass is 35.5. The average Bonchev–Trinajstić information content (AvgIpc) is 2.71. The summed E-state index contributed by atoms with van der Waals surface area (Å²) in [5.74, 6) is -1.49. The van der Waals surface area contributed by atoms with Crippen molar-refractivity contribution in [3.05, 3.63) is 38.9 Å². The summed E-state index contributed by atoms with van der Waals surface area (Å²) < 4.78 is 10.2. The van der Waals surface area contributed by atoms with Crippen LogP contribution in [0.15, 0.2) is 18.2 Å². The maximum absolute atomic E-state index is 12.1. The Morgan fingerprint density at radius 2 is 1.60 bits per heavy atom. The highest BCUT2D eigenvalue weighted by Crippen LogP contribution is 2.25. The van der Waals surface area contributed by atoms with Crippen molar-refractivity contribution >= 4 is 29.2 Å². The molecule has 0 saturated heterocycles. The fraction of sp³-hybridized carbons (Fsp3) is 0.636. The molecule has 1 rings (SSSR count). The van der Waals surface area contributed by atoms with Crippen LogP contribution in [0.5, 0.6) is 0 Å². The Labute approximate surface area is 183 Å². The largest absolute Gasteiger partial charge is 0.463 e. The molecule has 0 aliphatic rings. The van der Waals surface area contributed by atoms with Crippen molar-refractivity contribution in [2.24, 2.45) is 0 Å². The number of nitro benzene ring substituents is 1. The maximum atomic E-state index is 12.1. The first kappa shape index (κ1) is 25.9. The molecule has 0 amide bonds. The summed E-state index contributed by atoms with van der Waals surface area (Å²) in [7, 11) is 0. The van der Waals surface area contributed by atoms with Gasteiger partial charge in [0.05, 0.1) is 17.1 Å². The minimum absolute atomic E-state index is 0.0551. The molecule has 0 aromatic heterocycles. The van der Waals surface area contributed by atoms with E-state index in [1.807, 2.05) is 0 Å². The number of hydrogen-bond donors (Lipinski definition) is 0. The van der Waals surface area contributed by atoms with E-state index in [-0.39, 0.29) is 17.2 Å². The van der Waals surface area contributed by atoms with Crippen LogP contribution in [0.2, 0.25) is 5.02 Å². The molecule has 0 aliphatic carbocycles. The molecule has 30 heavy (non-hydrogen) atoms. The number of nitro groups is 1. The standard InChI is InChI=1S/C22H32ClNO6/c1-3-4-5-6-7-8-9-10-11-12-15-29-21(25)17(2)30-22(26)18-13-14-19(23)20(16-18)24(27)28/h13-14,16-17H,3-12,15H2,1-2H3. The lowest BCUT2D eigenvalue weighted by atomic mass is 10.1. The Morgan fingerprint density at radius 3 is 2.17 bits per heavy atom. The lowest BCUT2D eigenvalue weighted by Gasteiger charge is -2.13. The van der Waals surface area contributed by atoms with Gasteiger partial charge in [-0.1, -0.05) is 76.3 Å². The van der Waals surface area contributed by atoms with Gasteiger partial charge in [0.25, 0.3) is 5.69 Å². The molecule has 0 N–H and O–H groups in total. The van der Waals surface area contributed by atoms with Crippen molar-refractivity contribution in [1.29, 1.82) is 0 Å². The van der Waals surface area contributed by atoms with Gasteiger partial charge in [-0.05, 0) is 25.5 Å². The van der Waals surface area contributed by atoms with Gasteiger partial charge in [-0.25, -0.2) is 9.59 Å². The lowest BCUT2D eigenvalue weighted by molar-refractivity contribution is -0.384. The molecule has 8 heteroatoms. The highest BCUT2D eigenvalue weighted by molar-refractivity contribution is 6.32. The maximum Gasteiger partial charge on any atom is 0.347 e. The summed E-state index contributed by atoms with van der Waals surface area (Å²) >= 11 is 5.72. The van der Waals surface area contributed by atoms with Gasteiger partial charge < -0.3 is 9.47 Å². The molecule has 0 fully saturated rings. The molecule has 0 aliphatic heterocycles. The van der Waals surface area contributed by atoms with E-state index >= 15 is 0 Å². The normalized spacial score (nSPS) is 11.7. The predicted molar refractivity (Wildman–Crippen MR) is 116 cm³/mol. The van der Waals surface area contributed by atoms with Crippen LogP contribution in [0.3, 0.4) is 0 Å². The number of rotatable bonds is 15. The van der Waals surface area contributed by atoms with E-state index in [2.05, 4.69) is 6.92 Å². The number of unbranched alkanes of at least 4 members (excludes halogenated alkanes) is 9. The number of ether oxygens (including phenoxy) is 2. The lowest BCUT2D eigenvalue weighted by Crippen LogP contribution is -2.26. The van der Waals surface area contributed by atoms with E-state index in [4.69, 9.17) is 21.1 Å². The van der Waals surface area contributed by atoms with Gasteiger partial charge in [-0.2, -0.15) is 0 Å². The Morgan fingerprint density at radius 1 is 1.03 bits per heavy atom. The molecule has 0 spiro atoms. The molecule has 1 aromatic carbocycles. The molecular weight excluding hydrogens is 410 g/mol. The zero-order chi connectivity index (χ0) is 22.4. The molecule has 0 saturated carbocycles. The second-order valence-electron chi connectivity index (χ2n) is 7.32. The summed E-state index contributed by atoms with van der Waals surface area (Å²) in [6.45, 7) is 3.90. The Bertz CT molecular complexity index is 694. The van der Waals surface area contributed by atoms with Crippen LogP contribution in [0, 0.1) is 10.1 Å². The van der Waals surface area contributed by atoms with Gasteiger partial charge in [-0.15, -0.1) is 0 Å². The van der Waals surface area contributed by atoms with Crippen LogP contribution >= 0.6 is 11.6 Å². The van der Waals surface area contributed by atoms with Crippen LogP contribution < -0.4 is 0 Å². The summed E-state index contributed by atoms with van der Waals surface area (Å²) in [4.78, 5) is 34.3. The monoisotopic (exact) mass is 441 g/mol. The molecule has 0 bridgehead atoms. The summed E-state index contributed by atoms with van der Waals surface area (Å²) in [5.41, 5.74) is -0.456.